The minimum atomic E-state index is -1.27. The van der Waals surface area contributed by atoms with Gasteiger partial charge < -0.3 is 9.84 Å². The largest absolute Gasteiger partial charge is 0.469 e. The topological polar surface area (TPSA) is 46.5 Å². The molecule has 0 saturated heterocycles. The van der Waals surface area contributed by atoms with E-state index in [1.54, 1.807) is 0 Å². The second-order valence-corrected chi connectivity index (χ2v) is 5.52. The van der Waals surface area contributed by atoms with Gasteiger partial charge in [-0.05, 0) is 11.3 Å². The summed E-state index contributed by atoms with van der Waals surface area (Å²) in [6, 6.07) is 0. The first-order valence-corrected chi connectivity index (χ1v) is 5.55. The third-order valence-electron chi connectivity index (χ3n) is 3.11. The van der Waals surface area contributed by atoms with Crippen LogP contribution >= 0.6 is 0 Å². The lowest BCUT2D eigenvalue weighted by molar-refractivity contribution is -0.164. The number of ether oxygens (including phenoxy) is 1. The van der Waals surface area contributed by atoms with Gasteiger partial charge in [-0.3, -0.25) is 4.79 Å². The van der Waals surface area contributed by atoms with Crippen molar-refractivity contribution < 1.29 is 14.6 Å². The molecule has 0 aliphatic heterocycles. The lowest BCUT2D eigenvalue weighted by Crippen LogP contribution is -2.52. The molecular formula is C13H24O3. The predicted octanol–water partition coefficient (Wildman–Crippen LogP) is 2.39. The van der Waals surface area contributed by atoms with E-state index < -0.39 is 22.9 Å². The summed E-state index contributed by atoms with van der Waals surface area (Å²) < 4.78 is 4.77. The maximum atomic E-state index is 11.8. The van der Waals surface area contributed by atoms with Gasteiger partial charge in [-0.2, -0.15) is 0 Å². The van der Waals surface area contributed by atoms with E-state index in [2.05, 4.69) is 6.58 Å². The molecule has 16 heavy (non-hydrogen) atoms. The molecule has 0 bridgehead atoms. The van der Waals surface area contributed by atoms with Crippen LogP contribution in [-0.2, 0) is 9.53 Å². The van der Waals surface area contributed by atoms with Gasteiger partial charge >= 0.3 is 5.97 Å². The van der Waals surface area contributed by atoms with E-state index in [1.807, 2.05) is 34.6 Å². The van der Waals surface area contributed by atoms with Crippen molar-refractivity contribution in [2.75, 3.05) is 7.11 Å². The quantitative estimate of drug-likeness (QED) is 0.593. The Balaban J connectivity index is 5.48. The number of carbonyl (C=O) groups is 1. The van der Waals surface area contributed by atoms with Crippen molar-refractivity contribution in [3.63, 3.8) is 0 Å². The van der Waals surface area contributed by atoms with Crippen molar-refractivity contribution >= 4 is 5.97 Å². The molecule has 0 amide bonds. The van der Waals surface area contributed by atoms with Crippen LogP contribution in [0.25, 0.3) is 0 Å². The highest BCUT2D eigenvalue weighted by atomic mass is 16.5. The summed E-state index contributed by atoms with van der Waals surface area (Å²) in [6.45, 7) is 13.1. The molecule has 0 aliphatic carbocycles. The minimum absolute atomic E-state index is 0.0188. The zero-order valence-corrected chi connectivity index (χ0v) is 11.2. The number of carbonyl (C=O) groups excluding carboxylic acids is 1. The summed E-state index contributed by atoms with van der Waals surface area (Å²) in [5.74, 6) is -1.02. The first-order valence-electron chi connectivity index (χ1n) is 5.55. The van der Waals surface area contributed by atoms with Crippen molar-refractivity contribution in [1.82, 2.24) is 0 Å². The smallest absolute Gasteiger partial charge is 0.312 e. The monoisotopic (exact) mass is 228 g/mol. The average molecular weight is 228 g/mol. The highest BCUT2D eigenvalue weighted by Gasteiger charge is 2.49. The number of hydrogen-bond donors (Lipinski definition) is 1. The van der Waals surface area contributed by atoms with Gasteiger partial charge in [0.1, 0.15) is 5.60 Å². The second-order valence-electron chi connectivity index (χ2n) is 5.52. The second kappa shape index (κ2) is 5.00. The highest BCUT2D eigenvalue weighted by Crippen LogP contribution is 2.41. The van der Waals surface area contributed by atoms with Crippen LogP contribution in [0, 0.1) is 17.3 Å². The Hall–Kier alpha value is -0.830. The normalized spacial score (nSPS) is 17.8. The number of rotatable bonds is 4. The summed E-state index contributed by atoms with van der Waals surface area (Å²) in [5, 5.41) is 10.7. The summed E-state index contributed by atoms with van der Waals surface area (Å²) in [4.78, 5) is 11.8. The molecule has 0 aromatic heterocycles. The van der Waals surface area contributed by atoms with E-state index in [1.165, 1.54) is 13.2 Å². The number of methoxy groups -OCH3 is 1. The van der Waals surface area contributed by atoms with Crippen molar-refractivity contribution in [2.24, 2.45) is 17.3 Å². The van der Waals surface area contributed by atoms with Gasteiger partial charge in [0, 0.05) is 0 Å². The molecule has 2 unspecified atom stereocenters. The number of hydrogen-bond acceptors (Lipinski definition) is 3. The maximum Gasteiger partial charge on any atom is 0.312 e. The molecule has 1 N–H and O–H groups in total. The molecule has 0 aliphatic rings. The Morgan fingerprint density at radius 3 is 2.00 bits per heavy atom. The van der Waals surface area contributed by atoms with Crippen LogP contribution in [0.5, 0.6) is 0 Å². The van der Waals surface area contributed by atoms with Crippen molar-refractivity contribution in [1.29, 1.82) is 0 Å². The molecule has 0 spiro atoms. The molecular weight excluding hydrogens is 204 g/mol. The molecule has 0 fully saturated rings. The summed E-state index contributed by atoms with van der Waals surface area (Å²) >= 11 is 0. The Bertz CT molecular complexity index is 263. The first-order chi connectivity index (χ1) is 7.11. The van der Waals surface area contributed by atoms with Gasteiger partial charge in [-0.15, -0.1) is 6.58 Å². The van der Waals surface area contributed by atoms with Gasteiger partial charge in [0.15, 0.2) is 0 Å². The van der Waals surface area contributed by atoms with Crippen LogP contribution in [0.2, 0.25) is 0 Å². The van der Waals surface area contributed by atoms with Gasteiger partial charge in [0.2, 0.25) is 0 Å². The lowest BCUT2D eigenvalue weighted by Gasteiger charge is -2.44. The molecule has 0 saturated carbocycles. The third kappa shape index (κ3) is 2.64. The zero-order valence-electron chi connectivity index (χ0n) is 11.2. The van der Waals surface area contributed by atoms with Crippen LogP contribution in [0.1, 0.15) is 34.6 Å². The predicted molar refractivity (Wildman–Crippen MR) is 64.9 cm³/mol. The Kier molecular flexibility index (Phi) is 4.74. The van der Waals surface area contributed by atoms with Crippen molar-refractivity contribution in [3.05, 3.63) is 12.7 Å². The van der Waals surface area contributed by atoms with Crippen LogP contribution in [0.15, 0.2) is 12.7 Å². The minimum Gasteiger partial charge on any atom is -0.469 e. The lowest BCUT2D eigenvalue weighted by atomic mass is 9.65. The zero-order chi connectivity index (χ0) is 13.1. The molecule has 3 nitrogen and oxygen atoms in total. The highest BCUT2D eigenvalue weighted by molar-refractivity contribution is 5.74. The van der Waals surface area contributed by atoms with Gasteiger partial charge in [0.25, 0.3) is 0 Å². The third-order valence-corrected chi connectivity index (χ3v) is 3.11. The van der Waals surface area contributed by atoms with E-state index in [-0.39, 0.29) is 5.92 Å². The molecule has 0 radical (unpaired) electrons. The first kappa shape index (κ1) is 15.2. The van der Waals surface area contributed by atoms with Crippen LogP contribution in [0.4, 0.5) is 0 Å². The molecule has 3 heteroatoms. The fourth-order valence-corrected chi connectivity index (χ4v) is 1.99. The molecule has 0 aromatic carbocycles. The Morgan fingerprint density at radius 1 is 1.38 bits per heavy atom. The van der Waals surface area contributed by atoms with Crippen LogP contribution in [-0.4, -0.2) is 23.8 Å². The fourth-order valence-electron chi connectivity index (χ4n) is 1.99. The van der Waals surface area contributed by atoms with Crippen LogP contribution < -0.4 is 0 Å². The van der Waals surface area contributed by atoms with Gasteiger partial charge in [-0.25, -0.2) is 0 Å². The van der Waals surface area contributed by atoms with Crippen molar-refractivity contribution in [2.45, 2.75) is 40.2 Å². The molecule has 94 valence electrons. The Labute approximate surface area is 98.5 Å². The Morgan fingerprint density at radius 2 is 1.81 bits per heavy atom. The van der Waals surface area contributed by atoms with E-state index in [9.17, 15) is 9.90 Å². The van der Waals surface area contributed by atoms with E-state index >= 15 is 0 Å². The van der Waals surface area contributed by atoms with E-state index in [4.69, 9.17) is 4.74 Å². The van der Waals surface area contributed by atoms with Crippen LogP contribution in [0.3, 0.4) is 0 Å². The summed E-state index contributed by atoms with van der Waals surface area (Å²) in [6.07, 6.45) is 1.45. The van der Waals surface area contributed by atoms with E-state index in [0.29, 0.717) is 0 Å². The standard InChI is InChI=1S/C13H24O3/c1-8-13(15,12(4,5)6)10(9(2)3)11(14)16-7/h8-10,15H,1H2,2-7H3. The number of aliphatic hydroxyl groups is 1. The molecule has 0 rings (SSSR count). The SMILES string of the molecule is C=CC(O)(C(C(=O)OC)C(C)C)C(C)(C)C. The van der Waals surface area contributed by atoms with Gasteiger partial charge in [0.05, 0.1) is 13.0 Å². The summed E-state index contributed by atoms with van der Waals surface area (Å²) in [7, 11) is 1.34. The van der Waals surface area contributed by atoms with Crippen molar-refractivity contribution in [3.8, 4) is 0 Å². The van der Waals surface area contributed by atoms with Gasteiger partial charge in [-0.1, -0.05) is 40.7 Å². The molecule has 2 atom stereocenters. The average Bonchev–Trinajstić information content (AvgIpc) is 2.14. The fraction of sp³-hybridized carbons (Fsp3) is 0.769. The molecule has 0 heterocycles. The number of esters is 1. The van der Waals surface area contributed by atoms with E-state index in [0.717, 1.165) is 0 Å². The summed E-state index contributed by atoms with van der Waals surface area (Å²) in [5.41, 5.74) is -1.74. The maximum absolute atomic E-state index is 11.8. The molecule has 0 aromatic rings.